The number of carbonyl (C=O) groups excluding carboxylic acids is 1. The molecule has 1 amide bonds. The standard InChI is InChI=1S/C15H20BrNO3/c1-3-4-12(15(19)20)9-17-14(18)8-11-5-6-13(16)7-10(11)2/h5-7,12H,3-4,8-9H2,1-2H3,(H,17,18)(H,19,20). The van der Waals surface area contributed by atoms with Crippen LogP contribution in [0.2, 0.25) is 0 Å². The molecule has 1 aromatic carbocycles. The summed E-state index contributed by atoms with van der Waals surface area (Å²) in [6.45, 7) is 4.07. The van der Waals surface area contributed by atoms with E-state index in [0.29, 0.717) is 6.42 Å². The minimum Gasteiger partial charge on any atom is -0.481 e. The second-order valence-electron chi connectivity index (χ2n) is 4.88. The van der Waals surface area contributed by atoms with E-state index in [2.05, 4.69) is 21.2 Å². The number of carboxylic acids is 1. The van der Waals surface area contributed by atoms with E-state index in [1.54, 1.807) is 0 Å². The Kier molecular flexibility index (Phi) is 6.71. The lowest BCUT2D eigenvalue weighted by Gasteiger charge is -2.13. The van der Waals surface area contributed by atoms with Gasteiger partial charge >= 0.3 is 5.97 Å². The van der Waals surface area contributed by atoms with Gasteiger partial charge in [-0.05, 0) is 36.6 Å². The molecule has 0 fully saturated rings. The maximum atomic E-state index is 11.9. The van der Waals surface area contributed by atoms with Crippen LogP contribution < -0.4 is 5.32 Å². The van der Waals surface area contributed by atoms with Crippen LogP contribution in [0.3, 0.4) is 0 Å². The molecule has 0 aliphatic carbocycles. The predicted molar refractivity (Wildman–Crippen MR) is 81.6 cm³/mol. The number of rotatable bonds is 7. The van der Waals surface area contributed by atoms with E-state index in [9.17, 15) is 9.59 Å². The SMILES string of the molecule is CCCC(CNC(=O)Cc1ccc(Br)cc1C)C(=O)O. The lowest BCUT2D eigenvalue weighted by atomic mass is 10.0. The van der Waals surface area contributed by atoms with Gasteiger partial charge in [-0.1, -0.05) is 35.3 Å². The van der Waals surface area contributed by atoms with Crippen molar-refractivity contribution >= 4 is 27.8 Å². The summed E-state index contributed by atoms with van der Waals surface area (Å²) >= 11 is 3.38. The van der Waals surface area contributed by atoms with Gasteiger partial charge in [0.2, 0.25) is 5.91 Å². The van der Waals surface area contributed by atoms with Crippen LogP contribution in [-0.4, -0.2) is 23.5 Å². The van der Waals surface area contributed by atoms with Crippen LogP contribution in [0.15, 0.2) is 22.7 Å². The number of benzene rings is 1. The molecule has 1 rings (SSSR count). The maximum absolute atomic E-state index is 11.9. The predicted octanol–water partition coefficient (Wildman–Crippen LogP) is 2.92. The molecule has 0 aromatic heterocycles. The summed E-state index contributed by atoms with van der Waals surface area (Å²) in [5, 5.41) is 11.7. The third-order valence-electron chi connectivity index (χ3n) is 3.19. The molecule has 0 aliphatic heterocycles. The maximum Gasteiger partial charge on any atom is 0.308 e. The van der Waals surface area contributed by atoms with E-state index in [4.69, 9.17) is 5.11 Å². The van der Waals surface area contributed by atoms with Gasteiger partial charge in [0.05, 0.1) is 12.3 Å². The zero-order valence-electron chi connectivity index (χ0n) is 11.8. The molecule has 5 heteroatoms. The quantitative estimate of drug-likeness (QED) is 0.801. The van der Waals surface area contributed by atoms with Crippen molar-refractivity contribution in [2.24, 2.45) is 5.92 Å². The molecule has 0 saturated heterocycles. The highest BCUT2D eigenvalue weighted by Gasteiger charge is 2.17. The molecule has 2 N–H and O–H groups in total. The van der Waals surface area contributed by atoms with Gasteiger partial charge < -0.3 is 10.4 Å². The number of nitrogens with one attached hydrogen (secondary N) is 1. The van der Waals surface area contributed by atoms with Crippen LogP contribution >= 0.6 is 15.9 Å². The lowest BCUT2D eigenvalue weighted by Crippen LogP contribution is -2.33. The fraction of sp³-hybridized carbons (Fsp3) is 0.467. The van der Waals surface area contributed by atoms with Gasteiger partial charge in [0.1, 0.15) is 0 Å². The zero-order valence-corrected chi connectivity index (χ0v) is 13.4. The van der Waals surface area contributed by atoms with Gasteiger partial charge in [-0.2, -0.15) is 0 Å². The zero-order chi connectivity index (χ0) is 15.1. The largest absolute Gasteiger partial charge is 0.481 e. The smallest absolute Gasteiger partial charge is 0.308 e. The Bertz CT molecular complexity index is 488. The molecule has 0 radical (unpaired) electrons. The van der Waals surface area contributed by atoms with Gasteiger partial charge in [-0.3, -0.25) is 9.59 Å². The lowest BCUT2D eigenvalue weighted by molar-refractivity contribution is -0.141. The fourth-order valence-corrected chi connectivity index (χ4v) is 2.47. The summed E-state index contributed by atoms with van der Waals surface area (Å²) in [5.41, 5.74) is 1.99. The first-order valence-corrected chi connectivity index (χ1v) is 7.47. The molecular weight excluding hydrogens is 322 g/mol. The Morgan fingerprint density at radius 1 is 1.40 bits per heavy atom. The van der Waals surface area contributed by atoms with Crippen LogP contribution in [0.5, 0.6) is 0 Å². The van der Waals surface area contributed by atoms with E-state index in [0.717, 1.165) is 22.0 Å². The minimum absolute atomic E-state index is 0.141. The van der Waals surface area contributed by atoms with Crippen molar-refractivity contribution < 1.29 is 14.7 Å². The van der Waals surface area contributed by atoms with Crippen molar-refractivity contribution in [2.75, 3.05) is 6.54 Å². The van der Waals surface area contributed by atoms with Crippen LogP contribution in [0.4, 0.5) is 0 Å². The minimum atomic E-state index is -0.855. The van der Waals surface area contributed by atoms with Crippen LogP contribution in [0.1, 0.15) is 30.9 Å². The highest BCUT2D eigenvalue weighted by Crippen LogP contribution is 2.16. The summed E-state index contributed by atoms with van der Waals surface area (Å²) in [4.78, 5) is 22.9. The van der Waals surface area contributed by atoms with Crippen LogP contribution in [-0.2, 0) is 16.0 Å². The number of hydrogen-bond acceptors (Lipinski definition) is 2. The van der Waals surface area contributed by atoms with Gasteiger partial charge in [0, 0.05) is 11.0 Å². The Balaban J connectivity index is 2.53. The number of halogens is 1. The number of carboxylic acid groups (broad SMARTS) is 1. The van der Waals surface area contributed by atoms with Gasteiger partial charge in [-0.25, -0.2) is 0 Å². The third-order valence-corrected chi connectivity index (χ3v) is 3.68. The molecule has 20 heavy (non-hydrogen) atoms. The highest BCUT2D eigenvalue weighted by atomic mass is 79.9. The van der Waals surface area contributed by atoms with Crippen molar-refractivity contribution in [2.45, 2.75) is 33.1 Å². The van der Waals surface area contributed by atoms with Crippen molar-refractivity contribution in [1.82, 2.24) is 5.32 Å². The summed E-state index contributed by atoms with van der Waals surface area (Å²) in [6, 6.07) is 5.76. The number of carbonyl (C=O) groups is 2. The molecule has 0 saturated carbocycles. The fourth-order valence-electron chi connectivity index (χ4n) is 1.99. The summed E-state index contributed by atoms with van der Waals surface area (Å²) in [7, 11) is 0. The summed E-state index contributed by atoms with van der Waals surface area (Å²) < 4.78 is 0.980. The Hall–Kier alpha value is -1.36. The van der Waals surface area contributed by atoms with Crippen molar-refractivity contribution in [3.63, 3.8) is 0 Å². The van der Waals surface area contributed by atoms with E-state index >= 15 is 0 Å². The van der Waals surface area contributed by atoms with Gasteiger partial charge in [0.25, 0.3) is 0 Å². The van der Waals surface area contributed by atoms with Gasteiger partial charge in [-0.15, -0.1) is 0 Å². The highest BCUT2D eigenvalue weighted by molar-refractivity contribution is 9.10. The Morgan fingerprint density at radius 2 is 2.10 bits per heavy atom. The number of aliphatic carboxylic acids is 1. The number of amides is 1. The Labute approximate surface area is 127 Å². The second kappa shape index (κ2) is 8.04. The summed E-state index contributed by atoms with van der Waals surface area (Å²) in [6.07, 6.45) is 1.64. The van der Waals surface area contributed by atoms with Crippen LogP contribution in [0.25, 0.3) is 0 Å². The van der Waals surface area contributed by atoms with Crippen molar-refractivity contribution in [3.8, 4) is 0 Å². The average Bonchev–Trinajstić information content (AvgIpc) is 2.37. The number of hydrogen-bond donors (Lipinski definition) is 2. The Morgan fingerprint density at radius 3 is 2.65 bits per heavy atom. The molecule has 0 aliphatic rings. The summed E-state index contributed by atoms with van der Waals surface area (Å²) in [5.74, 6) is -1.50. The van der Waals surface area contributed by atoms with Gasteiger partial charge in [0.15, 0.2) is 0 Å². The molecular formula is C15H20BrNO3. The van der Waals surface area contributed by atoms with E-state index in [-0.39, 0.29) is 18.9 Å². The van der Waals surface area contributed by atoms with Crippen molar-refractivity contribution in [1.29, 1.82) is 0 Å². The number of aryl methyl sites for hydroxylation is 1. The van der Waals surface area contributed by atoms with Crippen LogP contribution in [0, 0.1) is 12.8 Å². The van der Waals surface area contributed by atoms with E-state index < -0.39 is 11.9 Å². The molecule has 1 unspecified atom stereocenters. The topological polar surface area (TPSA) is 66.4 Å². The molecule has 1 atom stereocenters. The second-order valence-corrected chi connectivity index (χ2v) is 5.79. The average molecular weight is 342 g/mol. The third kappa shape index (κ3) is 5.33. The molecule has 0 bridgehead atoms. The molecule has 0 spiro atoms. The first kappa shape index (κ1) is 16.7. The molecule has 4 nitrogen and oxygen atoms in total. The molecule has 1 aromatic rings. The first-order valence-electron chi connectivity index (χ1n) is 6.68. The monoisotopic (exact) mass is 341 g/mol. The van der Waals surface area contributed by atoms with E-state index in [1.165, 1.54) is 0 Å². The first-order chi connectivity index (χ1) is 9.43. The van der Waals surface area contributed by atoms with Crippen molar-refractivity contribution in [3.05, 3.63) is 33.8 Å². The molecule has 110 valence electrons. The van der Waals surface area contributed by atoms with E-state index in [1.807, 2.05) is 32.0 Å². The molecule has 0 heterocycles. The normalized spacial score (nSPS) is 11.9.